The Labute approximate surface area is 145 Å². The molecule has 0 saturated carbocycles. The number of benzene rings is 1. The van der Waals surface area contributed by atoms with Crippen LogP contribution in [0.25, 0.3) is 0 Å². The number of ether oxygens (including phenoxy) is 1. The van der Waals surface area contributed by atoms with Gasteiger partial charge in [0, 0.05) is 25.4 Å². The zero-order valence-electron chi connectivity index (χ0n) is 13.8. The minimum atomic E-state index is -0.682. The lowest BCUT2D eigenvalue weighted by molar-refractivity contribution is -0.132. The van der Waals surface area contributed by atoms with Crippen LogP contribution in [0.4, 0.5) is 8.78 Å². The molecule has 0 spiro atoms. The van der Waals surface area contributed by atoms with Crippen molar-refractivity contribution in [1.82, 2.24) is 9.88 Å². The van der Waals surface area contributed by atoms with E-state index in [1.165, 1.54) is 12.1 Å². The summed E-state index contributed by atoms with van der Waals surface area (Å²) < 4.78 is 32.3. The van der Waals surface area contributed by atoms with E-state index in [4.69, 9.17) is 4.74 Å². The lowest BCUT2D eigenvalue weighted by atomic mass is 10.1. The highest BCUT2D eigenvalue weighted by molar-refractivity contribution is 5.78. The number of carbonyl (C=O) groups is 1. The zero-order valence-corrected chi connectivity index (χ0v) is 13.8. The van der Waals surface area contributed by atoms with Crippen LogP contribution < -0.4 is 0 Å². The Morgan fingerprint density at radius 3 is 2.68 bits per heavy atom. The minimum Gasteiger partial charge on any atom is -0.376 e. The number of carbonyl (C=O) groups excluding carboxylic acids is 1. The van der Waals surface area contributed by atoms with Gasteiger partial charge in [-0.2, -0.15) is 0 Å². The molecule has 1 aliphatic rings. The molecule has 2 heterocycles. The highest BCUT2D eigenvalue weighted by Crippen LogP contribution is 2.16. The maximum atomic E-state index is 13.4. The lowest BCUT2D eigenvalue weighted by Gasteiger charge is -2.25. The van der Waals surface area contributed by atoms with E-state index >= 15 is 0 Å². The minimum absolute atomic E-state index is 0.00286. The maximum Gasteiger partial charge on any atom is 0.227 e. The molecule has 0 bridgehead atoms. The quantitative estimate of drug-likeness (QED) is 0.807. The molecule has 1 amide bonds. The summed E-state index contributed by atoms with van der Waals surface area (Å²) in [6.45, 7) is 1.50. The molecule has 4 nitrogen and oxygen atoms in total. The van der Waals surface area contributed by atoms with Gasteiger partial charge >= 0.3 is 0 Å². The number of amides is 1. The molecular weight excluding hydrogens is 326 g/mol. The van der Waals surface area contributed by atoms with Gasteiger partial charge in [-0.3, -0.25) is 9.78 Å². The highest BCUT2D eigenvalue weighted by atomic mass is 19.1. The first kappa shape index (κ1) is 17.5. The molecule has 3 rings (SSSR count). The number of aromatic nitrogens is 1. The second-order valence-corrected chi connectivity index (χ2v) is 6.18. The Balaban J connectivity index is 1.73. The Morgan fingerprint density at radius 2 is 2.04 bits per heavy atom. The number of pyridine rings is 1. The number of halogens is 2. The summed E-state index contributed by atoms with van der Waals surface area (Å²) in [6.07, 6.45) is 3.49. The van der Waals surface area contributed by atoms with Gasteiger partial charge in [-0.05, 0) is 42.7 Å². The van der Waals surface area contributed by atoms with Crippen LogP contribution in [0.5, 0.6) is 0 Å². The van der Waals surface area contributed by atoms with Gasteiger partial charge in [0.15, 0.2) is 0 Å². The van der Waals surface area contributed by atoms with Gasteiger partial charge < -0.3 is 9.64 Å². The topological polar surface area (TPSA) is 42.4 Å². The van der Waals surface area contributed by atoms with Crippen LogP contribution in [0.2, 0.25) is 0 Å². The number of hydrogen-bond acceptors (Lipinski definition) is 3. The van der Waals surface area contributed by atoms with Gasteiger partial charge in [-0.15, -0.1) is 0 Å². The summed E-state index contributed by atoms with van der Waals surface area (Å²) in [5.74, 6) is -1.57. The second kappa shape index (κ2) is 8.16. The summed E-state index contributed by atoms with van der Waals surface area (Å²) in [7, 11) is 0. The van der Waals surface area contributed by atoms with E-state index in [-0.39, 0.29) is 18.4 Å². The van der Waals surface area contributed by atoms with Gasteiger partial charge in [0.1, 0.15) is 11.6 Å². The Hall–Kier alpha value is -2.34. The van der Waals surface area contributed by atoms with Crippen LogP contribution in [0.15, 0.2) is 42.6 Å². The molecule has 1 aromatic carbocycles. The second-order valence-electron chi connectivity index (χ2n) is 6.18. The molecule has 0 N–H and O–H groups in total. The van der Waals surface area contributed by atoms with E-state index in [0.717, 1.165) is 24.6 Å². The van der Waals surface area contributed by atoms with Gasteiger partial charge in [-0.1, -0.05) is 6.07 Å². The van der Waals surface area contributed by atoms with Crippen molar-refractivity contribution in [2.45, 2.75) is 31.9 Å². The molecule has 6 heteroatoms. The largest absolute Gasteiger partial charge is 0.376 e. The first-order chi connectivity index (χ1) is 12.1. The molecule has 1 atom stereocenters. The molecule has 0 unspecified atom stereocenters. The number of rotatable bonds is 6. The summed E-state index contributed by atoms with van der Waals surface area (Å²) in [4.78, 5) is 18.6. The van der Waals surface area contributed by atoms with Gasteiger partial charge in [0.05, 0.1) is 24.8 Å². The van der Waals surface area contributed by atoms with Crippen LogP contribution in [-0.4, -0.2) is 35.0 Å². The zero-order chi connectivity index (χ0) is 17.6. The molecule has 2 aromatic rings. The first-order valence-electron chi connectivity index (χ1n) is 8.34. The predicted molar refractivity (Wildman–Crippen MR) is 88.7 cm³/mol. The molecule has 0 radical (unpaired) electrons. The molecule has 1 fully saturated rings. The van der Waals surface area contributed by atoms with Crippen molar-refractivity contribution < 1.29 is 18.3 Å². The first-order valence-corrected chi connectivity index (χ1v) is 8.34. The van der Waals surface area contributed by atoms with Crippen molar-refractivity contribution in [3.05, 3.63) is 65.5 Å². The number of nitrogens with zero attached hydrogens (tertiary/aromatic N) is 2. The number of hydrogen-bond donors (Lipinski definition) is 0. The van der Waals surface area contributed by atoms with Crippen molar-refractivity contribution >= 4 is 5.91 Å². The van der Waals surface area contributed by atoms with E-state index < -0.39 is 11.6 Å². The van der Waals surface area contributed by atoms with E-state index in [9.17, 15) is 13.6 Å². The third-order valence-electron chi connectivity index (χ3n) is 4.16. The lowest BCUT2D eigenvalue weighted by Crippen LogP contribution is -2.38. The monoisotopic (exact) mass is 346 g/mol. The SMILES string of the molecule is O=C(Cc1cc(F)cc(F)c1)N(Cc1ccccn1)C[C@@H]1CCCO1. The molecule has 1 saturated heterocycles. The normalized spacial score (nSPS) is 16.8. The van der Waals surface area contributed by atoms with Crippen LogP contribution in [-0.2, 0) is 22.5 Å². The van der Waals surface area contributed by atoms with E-state index in [2.05, 4.69) is 4.98 Å². The van der Waals surface area contributed by atoms with Crippen molar-refractivity contribution in [3.8, 4) is 0 Å². The van der Waals surface area contributed by atoms with Crippen molar-refractivity contribution in [1.29, 1.82) is 0 Å². The molecular formula is C19H20F2N2O2. The molecule has 0 aliphatic carbocycles. The fraction of sp³-hybridized carbons (Fsp3) is 0.368. The Morgan fingerprint density at radius 1 is 1.24 bits per heavy atom. The van der Waals surface area contributed by atoms with Crippen LogP contribution in [0.3, 0.4) is 0 Å². The standard InChI is InChI=1S/C19H20F2N2O2/c20-15-8-14(9-16(21)11-15)10-19(24)23(13-18-5-3-7-25-18)12-17-4-1-2-6-22-17/h1-2,4,6,8-9,11,18H,3,5,7,10,12-13H2/t18-/m0/s1. The summed E-state index contributed by atoms with van der Waals surface area (Å²) in [6, 6.07) is 8.69. The van der Waals surface area contributed by atoms with Crippen molar-refractivity contribution in [3.63, 3.8) is 0 Å². The van der Waals surface area contributed by atoms with Crippen molar-refractivity contribution in [2.24, 2.45) is 0 Å². The average molecular weight is 346 g/mol. The van der Waals surface area contributed by atoms with Crippen molar-refractivity contribution in [2.75, 3.05) is 13.2 Å². The fourth-order valence-corrected chi connectivity index (χ4v) is 2.98. The third-order valence-corrected chi connectivity index (χ3v) is 4.16. The van der Waals surface area contributed by atoms with Gasteiger partial charge in [0.2, 0.25) is 5.91 Å². The summed E-state index contributed by atoms with van der Waals surface area (Å²) >= 11 is 0. The van der Waals surface area contributed by atoms with Crippen LogP contribution in [0.1, 0.15) is 24.1 Å². The van der Waals surface area contributed by atoms with Gasteiger partial charge in [-0.25, -0.2) is 8.78 Å². The molecule has 25 heavy (non-hydrogen) atoms. The van der Waals surface area contributed by atoms with E-state index in [0.29, 0.717) is 25.3 Å². The van der Waals surface area contributed by atoms with E-state index in [1.807, 2.05) is 18.2 Å². The van der Waals surface area contributed by atoms with Gasteiger partial charge in [0.25, 0.3) is 0 Å². The highest BCUT2D eigenvalue weighted by Gasteiger charge is 2.23. The van der Waals surface area contributed by atoms with Crippen LogP contribution in [0, 0.1) is 11.6 Å². The maximum absolute atomic E-state index is 13.4. The fourth-order valence-electron chi connectivity index (χ4n) is 2.98. The molecule has 1 aromatic heterocycles. The van der Waals surface area contributed by atoms with E-state index in [1.54, 1.807) is 11.1 Å². The average Bonchev–Trinajstić information content (AvgIpc) is 3.07. The Bertz CT molecular complexity index is 698. The Kier molecular flexibility index (Phi) is 5.71. The summed E-state index contributed by atoms with van der Waals surface area (Å²) in [5, 5.41) is 0. The molecule has 132 valence electrons. The summed E-state index contributed by atoms with van der Waals surface area (Å²) in [5.41, 5.74) is 1.08. The molecule has 1 aliphatic heterocycles. The smallest absolute Gasteiger partial charge is 0.227 e. The third kappa shape index (κ3) is 5.06. The van der Waals surface area contributed by atoms with Crippen LogP contribution >= 0.6 is 0 Å². The predicted octanol–water partition coefficient (Wildman–Crippen LogP) is 3.11.